The summed E-state index contributed by atoms with van der Waals surface area (Å²) in [4.78, 5) is 58.1. The van der Waals surface area contributed by atoms with Crippen molar-refractivity contribution in [3.63, 3.8) is 0 Å². The maximum atomic E-state index is 14.4. The molecule has 9 rings (SSSR count). The second-order valence-corrected chi connectivity index (χ2v) is 16.7. The van der Waals surface area contributed by atoms with Gasteiger partial charge in [0, 0.05) is 87.4 Å². The number of nitrogens with one attached hydrogen (secondary N) is 1. The van der Waals surface area contributed by atoms with Crippen LogP contribution in [0.3, 0.4) is 0 Å². The van der Waals surface area contributed by atoms with E-state index >= 15 is 0 Å². The van der Waals surface area contributed by atoms with Crippen LogP contribution in [0.1, 0.15) is 65.9 Å². The molecule has 306 valence electrons. The van der Waals surface area contributed by atoms with Gasteiger partial charge in [0.25, 0.3) is 5.91 Å². The van der Waals surface area contributed by atoms with E-state index in [0.717, 1.165) is 91.2 Å². The Kier molecular flexibility index (Phi) is 10.5. The lowest BCUT2D eigenvalue weighted by atomic mass is 9.95. The predicted octanol–water partition coefficient (Wildman–Crippen LogP) is 4.76. The van der Waals surface area contributed by atoms with Crippen molar-refractivity contribution in [2.24, 2.45) is 5.92 Å². The summed E-state index contributed by atoms with van der Waals surface area (Å²) in [7, 11) is 0. The molecule has 4 aliphatic heterocycles. The number of hydrogen-bond acceptors (Lipinski definition) is 13. The number of carbonyl (C=O) groups excluding carboxylic acids is 3. The zero-order valence-corrected chi connectivity index (χ0v) is 33.8. The fourth-order valence-corrected chi connectivity index (χ4v) is 9.80. The number of fused-ring (bicyclic) bond motifs is 1. The maximum Gasteiger partial charge on any atom is 0.255 e. The van der Waals surface area contributed by atoms with Gasteiger partial charge in [0.15, 0.2) is 16.7 Å². The summed E-state index contributed by atoms with van der Waals surface area (Å²) in [6, 6.07) is 11.7. The number of ether oxygens (including phenoxy) is 1. The number of amides is 3. The van der Waals surface area contributed by atoms with E-state index in [2.05, 4.69) is 41.3 Å². The number of aryl methyl sites for hydroxylation is 1. The molecule has 5 aromatic rings. The van der Waals surface area contributed by atoms with Crippen molar-refractivity contribution in [2.75, 3.05) is 61.3 Å². The average Bonchev–Trinajstić information content (AvgIpc) is 3.99. The van der Waals surface area contributed by atoms with Gasteiger partial charge < -0.3 is 25.2 Å². The van der Waals surface area contributed by atoms with Gasteiger partial charge >= 0.3 is 0 Å². The predicted molar refractivity (Wildman–Crippen MR) is 221 cm³/mol. The number of pyridine rings is 1. The van der Waals surface area contributed by atoms with Crippen molar-refractivity contribution >= 4 is 45.7 Å². The summed E-state index contributed by atoms with van der Waals surface area (Å²) < 4.78 is 20.7. The Morgan fingerprint density at radius 3 is 2.51 bits per heavy atom. The summed E-state index contributed by atoms with van der Waals surface area (Å²) in [5.74, 6) is 0.0437. The second kappa shape index (κ2) is 16.0. The molecule has 3 amide bonds. The number of imide groups is 1. The van der Waals surface area contributed by atoms with E-state index in [1.807, 2.05) is 32.0 Å². The fourth-order valence-electron chi connectivity index (χ4n) is 8.70. The molecule has 0 spiro atoms. The zero-order chi connectivity index (χ0) is 40.8. The van der Waals surface area contributed by atoms with Gasteiger partial charge in [-0.3, -0.25) is 24.6 Å². The monoisotopic (exact) mass is 819 g/mol. The molecular formula is C42H46FN11O4S. The quantitative estimate of drug-likeness (QED) is 0.186. The highest BCUT2D eigenvalue weighted by Crippen LogP contribution is 2.39. The maximum absolute atomic E-state index is 14.4. The highest BCUT2D eigenvalue weighted by atomic mass is 32.1. The minimum absolute atomic E-state index is 0.141. The molecule has 2 atom stereocenters. The third kappa shape index (κ3) is 7.83. The van der Waals surface area contributed by atoms with E-state index in [1.165, 1.54) is 16.9 Å². The molecule has 3 fully saturated rings. The third-order valence-electron chi connectivity index (χ3n) is 11.9. The zero-order valence-electron chi connectivity index (χ0n) is 33.0. The van der Waals surface area contributed by atoms with Crippen molar-refractivity contribution in [3.05, 3.63) is 89.3 Å². The normalized spacial score (nSPS) is 19.6. The second-order valence-electron chi connectivity index (χ2n) is 15.8. The van der Waals surface area contributed by atoms with E-state index in [4.69, 9.17) is 15.5 Å². The van der Waals surface area contributed by atoms with Crippen LogP contribution < -0.4 is 25.6 Å². The summed E-state index contributed by atoms with van der Waals surface area (Å²) in [5, 5.41) is 11.8. The molecule has 7 heterocycles. The first-order valence-corrected chi connectivity index (χ1v) is 21.0. The van der Waals surface area contributed by atoms with Gasteiger partial charge in [-0.25, -0.2) is 14.4 Å². The van der Waals surface area contributed by atoms with Gasteiger partial charge in [-0.2, -0.15) is 15.0 Å². The third-order valence-corrected chi connectivity index (χ3v) is 13.2. The van der Waals surface area contributed by atoms with Crippen molar-refractivity contribution in [3.8, 4) is 21.9 Å². The van der Waals surface area contributed by atoms with Gasteiger partial charge in [-0.1, -0.05) is 11.3 Å². The Balaban J connectivity index is 0.777. The van der Waals surface area contributed by atoms with Crippen molar-refractivity contribution in [1.29, 1.82) is 0 Å². The Morgan fingerprint density at radius 2 is 1.75 bits per heavy atom. The highest BCUT2D eigenvalue weighted by Gasteiger charge is 2.39. The molecule has 59 heavy (non-hydrogen) atoms. The van der Waals surface area contributed by atoms with Gasteiger partial charge in [0.05, 0.1) is 28.7 Å². The molecule has 0 radical (unpaired) electrons. The van der Waals surface area contributed by atoms with Crippen LogP contribution in [0, 0.1) is 18.7 Å². The van der Waals surface area contributed by atoms with Crippen LogP contribution in [0.25, 0.3) is 16.1 Å². The molecule has 0 bridgehead atoms. The Hall–Kier alpha value is -5.94. The summed E-state index contributed by atoms with van der Waals surface area (Å²) >= 11 is 1.64. The van der Waals surface area contributed by atoms with E-state index in [-0.39, 0.29) is 30.0 Å². The molecule has 3 aromatic heterocycles. The van der Waals surface area contributed by atoms with Gasteiger partial charge in [0.1, 0.15) is 18.0 Å². The van der Waals surface area contributed by atoms with Crippen molar-refractivity contribution < 1.29 is 23.5 Å². The van der Waals surface area contributed by atoms with E-state index in [0.29, 0.717) is 41.4 Å². The van der Waals surface area contributed by atoms with Crippen LogP contribution in [0.2, 0.25) is 0 Å². The molecule has 0 saturated carbocycles. The van der Waals surface area contributed by atoms with Crippen LogP contribution in [0.4, 0.5) is 21.0 Å². The van der Waals surface area contributed by atoms with Crippen LogP contribution in [-0.4, -0.2) is 104 Å². The Bertz CT molecular complexity index is 2390. The summed E-state index contributed by atoms with van der Waals surface area (Å²) in [5.41, 5.74) is 11.9. The van der Waals surface area contributed by atoms with Crippen molar-refractivity contribution in [2.45, 2.75) is 58.2 Å². The number of piperidine rings is 2. The molecule has 3 saturated heterocycles. The number of nitrogen functional groups attached to an aromatic ring is 1. The van der Waals surface area contributed by atoms with Crippen LogP contribution in [-0.2, 0) is 16.1 Å². The molecule has 3 N–H and O–H groups in total. The number of rotatable bonds is 10. The number of hydrogen-bond donors (Lipinski definition) is 2. The number of nitrogens with two attached hydrogens (primary N) is 1. The van der Waals surface area contributed by atoms with Crippen molar-refractivity contribution in [1.82, 2.24) is 40.1 Å². The lowest BCUT2D eigenvalue weighted by Gasteiger charge is -2.39. The molecular weight excluding hydrogens is 774 g/mol. The van der Waals surface area contributed by atoms with Gasteiger partial charge in [-0.05, 0) is 87.1 Å². The number of thiazole rings is 1. The summed E-state index contributed by atoms with van der Waals surface area (Å²) in [6.07, 6.45) is 7.09. The first-order chi connectivity index (χ1) is 28.6. The fraction of sp³-hybridized carbons (Fsp3) is 0.405. The van der Waals surface area contributed by atoms with E-state index < -0.39 is 18.0 Å². The standard InChI is InChI=1S/C42H46FN11O4S/c1-25-38(28-20-36(39(44)45-22-28)58-26(2)33-21-30(43)3-6-34(33)54-46-11-12-47-54)59-42(48-25)52-17-15-50(16-18-52)23-27-9-13-51(14-10-27)31-4-5-32-29(19-31)24-53(41(32)57)35-7-8-37(55)49-40(35)56/h3-6,11-12,19-22,26-27,35H,7-10,13-18,23-24H2,1-2H3,(H2,44,45)(H,49,55,56)/t26-,35?/m0/s1. The van der Waals surface area contributed by atoms with Gasteiger partial charge in [-0.15, -0.1) is 0 Å². The minimum atomic E-state index is -0.606. The highest BCUT2D eigenvalue weighted by molar-refractivity contribution is 7.19. The number of benzene rings is 2. The molecule has 0 aliphatic carbocycles. The molecule has 2 aromatic carbocycles. The summed E-state index contributed by atoms with van der Waals surface area (Å²) in [6.45, 7) is 10.9. The number of anilines is 3. The SMILES string of the molecule is Cc1nc(N2CCN(CC3CCN(c4ccc5c(c4)CN(C4CCC(=O)NC4=O)C5=O)CC3)CC2)sc1-c1cnc(N)c(O[C@@H](C)c2cc(F)ccc2-n2nccn2)c1. The molecule has 4 aliphatic rings. The Morgan fingerprint density at radius 1 is 0.966 bits per heavy atom. The van der Waals surface area contributed by atoms with Crippen LogP contribution in [0.5, 0.6) is 5.75 Å². The lowest BCUT2D eigenvalue weighted by molar-refractivity contribution is -0.136. The molecule has 1 unspecified atom stereocenters. The van der Waals surface area contributed by atoms with E-state index in [1.54, 1.807) is 40.9 Å². The smallest absolute Gasteiger partial charge is 0.255 e. The molecule has 17 heteroatoms. The largest absolute Gasteiger partial charge is 0.482 e. The first-order valence-electron chi connectivity index (χ1n) is 20.1. The topological polar surface area (TPSA) is 168 Å². The number of aromatic nitrogens is 5. The van der Waals surface area contributed by atoms with E-state index in [9.17, 15) is 18.8 Å². The van der Waals surface area contributed by atoms with Crippen LogP contribution >= 0.6 is 11.3 Å². The number of carbonyl (C=O) groups is 3. The number of halogens is 1. The number of piperazine rings is 1. The minimum Gasteiger partial charge on any atom is -0.482 e. The lowest BCUT2D eigenvalue weighted by Crippen LogP contribution is -2.52. The van der Waals surface area contributed by atoms with Gasteiger partial charge in [0.2, 0.25) is 11.8 Å². The molecule has 15 nitrogen and oxygen atoms in total. The Labute approximate surface area is 345 Å². The number of nitrogens with zero attached hydrogens (tertiary/aromatic N) is 9. The average molecular weight is 820 g/mol. The van der Waals surface area contributed by atoms with Crippen LogP contribution in [0.15, 0.2) is 61.1 Å². The first kappa shape index (κ1) is 38.6.